The number of aliphatic hydroxyl groups is 1. The Kier molecular flexibility index (Phi) is 4.71. The van der Waals surface area contributed by atoms with E-state index in [1.165, 1.54) is 19.1 Å². The lowest BCUT2D eigenvalue weighted by atomic mass is 9.95. The van der Waals surface area contributed by atoms with Crippen LogP contribution in [0.15, 0.2) is 6.08 Å². The van der Waals surface area contributed by atoms with E-state index in [1.54, 1.807) is 20.8 Å². The Morgan fingerprint density at radius 3 is 2.30 bits per heavy atom. The normalized spacial score (nSPS) is 17.3. The molecule has 1 aliphatic rings. The molecule has 0 heterocycles. The van der Waals surface area contributed by atoms with Crippen LogP contribution in [0.4, 0.5) is 0 Å². The van der Waals surface area contributed by atoms with Crippen molar-refractivity contribution in [3.05, 3.63) is 28.3 Å². The van der Waals surface area contributed by atoms with Gasteiger partial charge in [-0.1, -0.05) is 6.08 Å². The van der Waals surface area contributed by atoms with Crippen LogP contribution in [-0.2, 0) is 4.79 Å². The van der Waals surface area contributed by atoms with Gasteiger partial charge in [0.2, 0.25) is 0 Å². The van der Waals surface area contributed by atoms with Crippen LogP contribution in [-0.4, -0.2) is 33.4 Å². The third kappa shape index (κ3) is 3.67. The maximum absolute atomic E-state index is 12.1. The van der Waals surface area contributed by atoms with Crippen LogP contribution in [0.1, 0.15) is 42.0 Å². The van der Waals surface area contributed by atoms with Crippen molar-refractivity contribution >= 4 is 12.0 Å². The fourth-order valence-corrected chi connectivity index (χ4v) is 2.41. The Bertz CT molecular complexity index is 628. The van der Waals surface area contributed by atoms with Crippen LogP contribution in [0, 0.1) is 26.7 Å². The SMILES string of the molecule is Cc1c(C)c(O)c(C=CC(C)(O)C(=O)NCC2CC2)c(C)c1O. The van der Waals surface area contributed by atoms with Crippen molar-refractivity contribution in [1.29, 1.82) is 0 Å². The fraction of sp³-hybridized carbons (Fsp3) is 0.500. The minimum Gasteiger partial charge on any atom is -0.507 e. The molecule has 1 aromatic carbocycles. The van der Waals surface area contributed by atoms with Crippen LogP contribution in [0.2, 0.25) is 0 Å². The molecule has 1 aromatic rings. The van der Waals surface area contributed by atoms with Gasteiger partial charge in [-0.25, -0.2) is 0 Å². The highest BCUT2D eigenvalue weighted by atomic mass is 16.3. The van der Waals surface area contributed by atoms with Gasteiger partial charge in [-0.15, -0.1) is 0 Å². The number of nitrogens with one attached hydrogen (secondary N) is 1. The molecule has 1 unspecified atom stereocenters. The summed E-state index contributed by atoms with van der Waals surface area (Å²) in [6.07, 6.45) is 5.06. The van der Waals surface area contributed by atoms with Gasteiger partial charge < -0.3 is 20.6 Å². The number of carbonyl (C=O) groups excluding carboxylic acids is 1. The molecule has 0 bridgehead atoms. The highest BCUT2D eigenvalue weighted by Crippen LogP contribution is 2.37. The molecule has 0 aliphatic heterocycles. The first-order valence-corrected chi connectivity index (χ1v) is 7.86. The van der Waals surface area contributed by atoms with Crippen molar-refractivity contribution in [2.75, 3.05) is 6.54 Å². The predicted octanol–water partition coefficient (Wildman–Crippen LogP) is 2.31. The molecule has 1 atom stereocenters. The minimum atomic E-state index is -1.68. The maximum Gasteiger partial charge on any atom is 0.255 e. The van der Waals surface area contributed by atoms with Crippen molar-refractivity contribution in [1.82, 2.24) is 5.32 Å². The van der Waals surface area contributed by atoms with E-state index >= 15 is 0 Å². The Labute approximate surface area is 136 Å². The fourth-order valence-electron chi connectivity index (χ4n) is 2.41. The molecule has 0 aromatic heterocycles. The first-order valence-electron chi connectivity index (χ1n) is 7.86. The van der Waals surface area contributed by atoms with Crippen molar-refractivity contribution < 1.29 is 20.1 Å². The van der Waals surface area contributed by atoms with Crippen molar-refractivity contribution in [3.8, 4) is 11.5 Å². The Balaban J connectivity index is 2.22. The van der Waals surface area contributed by atoms with Crippen molar-refractivity contribution in [3.63, 3.8) is 0 Å². The Hall–Kier alpha value is -2.01. The topological polar surface area (TPSA) is 89.8 Å². The first-order chi connectivity index (χ1) is 10.6. The van der Waals surface area contributed by atoms with Crippen molar-refractivity contribution in [2.45, 2.75) is 46.1 Å². The summed E-state index contributed by atoms with van der Waals surface area (Å²) in [7, 11) is 0. The lowest BCUT2D eigenvalue weighted by molar-refractivity contribution is -0.133. The van der Waals surface area contributed by atoms with Gasteiger partial charge >= 0.3 is 0 Å². The average Bonchev–Trinajstić information content (AvgIpc) is 3.32. The van der Waals surface area contributed by atoms with Gasteiger partial charge in [-0.2, -0.15) is 0 Å². The van der Waals surface area contributed by atoms with Crippen LogP contribution in [0.5, 0.6) is 11.5 Å². The molecule has 126 valence electrons. The van der Waals surface area contributed by atoms with E-state index in [0.29, 0.717) is 34.7 Å². The zero-order valence-electron chi connectivity index (χ0n) is 14.1. The molecule has 1 aliphatic carbocycles. The molecule has 1 fully saturated rings. The number of hydrogen-bond acceptors (Lipinski definition) is 4. The molecule has 5 heteroatoms. The van der Waals surface area contributed by atoms with E-state index in [9.17, 15) is 20.1 Å². The zero-order chi connectivity index (χ0) is 17.4. The van der Waals surface area contributed by atoms with Gasteiger partial charge in [0.25, 0.3) is 5.91 Å². The first kappa shape index (κ1) is 17.3. The zero-order valence-corrected chi connectivity index (χ0v) is 14.1. The lowest BCUT2D eigenvalue weighted by Crippen LogP contribution is -2.43. The summed E-state index contributed by atoms with van der Waals surface area (Å²) < 4.78 is 0. The molecule has 1 saturated carbocycles. The summed E-state index contributed by atoms with van der Waals surface area (Å²) in [6.45, 7) is 7.10. The molecule has 0 spiro atoms. The number of phenolic OH excluding ortho intramolecular Hbond substituents is 2. The quantitative estimate of drug-likeness (QED) is 0.627. The number of benzene rings is 1. The van der Waals surface area contributed by atoms with Gasteiger partial charge in [-0.3, -0.25) is 4.79 Å². The van der Waals surface area contributed by atoms with E-state index in [-0.39, 0.29) is 11.5 Å². The molecule has 4 N–H and O–H groups in total. The number of rotatable bonds is 5. The van der Waals surface area contributed by atoms with Gasteiger partial charge in [0.15, 0.2) is 5.60 Å². The Morgan fingerprint density at radius 1 is 1.17 bits per heavy atom. The molecular weight excluding hydrogens is 294 g/mol. The molecule has 2 rings (SSSR count). The Morgan fingerprint density at radius 2 is 1.74 bits per heavy atom. The summed E-state index contributed by atoms with van der Waals surface area (Å²) >= 11 is 0. The summed E-state index contributed by atoms with van der Waals surface area (Å²) in [5, 5.41) is 33.4. The van der Waals surface area contributed by atoms with Crippen LogP contribution in [0.3, 0.4) is 0 Å². The van der Waals surface area contributed by atoms with E-state index in [0.717, 1.165) is 12.8 Å². The highest BCUT2D eigenvalue weighted by Gasteiger charge is 2.29. The standard InChI is InChI=1S/C18H25NO4/c1-10-11(2)16(21)14(12(3)15(10)20)7-8-18(4,23)17(22)19-9-13-5-6-13/h7-8,13,20-21,23H,5-6,9H2,1-4H3,(H,19,22). The molecule has 0 radical (unpaired) electrons. The summed E-state index contributed by atoms with van der Waals surface area (Å²) in [5.41, 5.74) is 0.427. The highest BCUT2D eigenvalue weighted by molar-refractivity contribution is 5.88. The number of aromatic hydroxyl groups is 2. The maximum atomic E-state index is 12.1. The van der Waals surface area contributed by atoms with Gasteiger partial charge in [0.05, 0.1) is 0 Å². The molecule has 23 heavy (non-hydrogen) atoms. The third-order valence-electron chi connectivity index (χ3n) is 4.57. The van der Waals surface area contributed by atoms with E-state index < -0.39 is 11.5 Å². The van der Waals surface area contributed by atoms with E-state index in [2.05, 4.69) is 5.32 Å². The molecule has 5 nitrogen and oxygen atoms in total. The van der Waals surface area contributed by atoms with Gasteiger partial charge in [0, 0.05) is 17.7 Å². The number of amides is 1. The molecule has 0 saturated heterocycles. The number of hydrogen-bond donors (Lipinski definition) is 4. The second kappa shape index (κ2) is 6.24. The molecular formula is C18H25NO4. The number of carbonyl (C=O) groups is 1. The van der Waals surface area contributed by atoms with E-state index in [4.69, 9.17) is 0 Å². The number of phenols is 2. The monoisotopic (exact) mass is 319 g/mol. The summed E-state index contributed by atoms with van der Waals surface area (Å²) in [5.74, 6) is 0.216. The van der Waals surface area contributed by atoms with Gasteiger partial charge in [-0.05, 0) is 63.7 Å². The van der Waals surface area contributed by atoms with Crippen LogP contribution >= 0.6 is 0 Å². The average molecular weight is 319 g/mol. The lowest BCUT2D eigenvalue weighted by Gasteiger charge is -2.19. The third-order valence-corrected chi connectivity index (χ3v) is 4.57. The van der Waals surface area contributed by atoms with Crippen LogP contribution < -0.4 is 5.32 Å². The van der Waals surface area contributed by atoms with Crippen molar-refractivity contribution in [2.24, 2.45) is 5.92 Å². The predicted molar refractivity (Wildman–Crippen MR) is 89.4 cm³/mol. The summed E-state index contributed by atoms with van der Waals surface area (Å²) in [4.78, 5) is 12.1. The smallest absolute Gasteiger partial charge is 0.255 e. The minimum absolute atomic E-state index is 0.0447. The second-order valence-electron chi connectivity index (χ2n) is 6.62. The van der Waals surface area contributed by atoms with Crippen LogP contribution in [0.25, 0.3) is 6.08 Å². The second-order valence-corrected chi connectivity index (χ2v) is 6.62. The molecule has 1 amide bonds. The van der Waals surface area contributed by atoms with Gasteiger partial charge in [0.1, 0.15) is 11.5 Å². The largest absolute Gasteiger partial charge is 0.507 e. The van der Waals surface area contributed by atoms with E-state index in [1.807, 2.05) is 0 Å². The summed E-state index contributed by atoms with van der Waals surface area (Å²) in [6, 6.07) is 0.